The Morgan fingerprint density at radius 2 is 1.67 bits per heavy atom. The first-order valence-corrected chi connectivity index (χ1v) is 7.66. The van der Waals surface area contributed by atoms with Crippen molar-refractivity contribution in [2.45, 2.75) is 25.9 Å². The van der Waals surface area contributed by atoms with Crippen molar-refractivity contribution >= 4 is 11.6 Å². The molecule has 1 heterocycles. The van der Waals surface area contributed by atoms with Crippen molar-refractivity contribution in [3.8, 4) is 0 Å². The number of nitrogen functional groups attached to an aromatic ring is 1. The van der Waals surface area contributed by atoms with Crippen LogP contribution < -0.4 is 22.3 Å². The van der Waals surface area contributed by atoms with Crippen molar-refractivity contribution in [2.24, 2.45) is 14.1 Å². The van der Waals surface area contributed by atoms with E-state index in [1.165, 1.54) is 14.1 Å². The highest BCUT2D eigenvalue weighted by Crippen LogP contribution is 2.14. The minimum absolute atomic E-state index is 0.0808. The number of hydrogen-bond acceptors (Lipinski definition) is 5. The standard InChI is InChI=1S/C17H22N4O3/c1-10(12-8-6-5-7-9-12)19-11(2)14(22)13-15(18)20(3)17(24)21(4)16(13)23/h5-11,19H,18H2,1-4H3/t10-,11-/m1/s1. The highest BCUT2D eigenvalue weighted by Gasteiger charge is 2.25. The first-order chi connectivity index (χ1) is 11.3. The van der Waals surface area contributed by atoms with Gasteiger partial charge in [0.05, 0.1) is 6.04 Å². The van der Waals surface area contributed by atoms with Gasteiger partial charge < -0.3 is 11.1 Å². The number of aromatic nitrogens is 2. The van der Waals surface area contributed by atoms with Crippen molar-refractivity contribution in [1.29, 1.82) is 0 Å². The normalized spacial score (nSPS) is 13.5. The van der Waals surface area contributed by atoms with Crippen LogP contribution >= 0.6 is 0 Å². The fourth-order valence-electron chi connectivity index (χ4n) is 2.60. The molecule has 0 saturated carbocycles. The number of anilines is 1. The summed E-state index contributed by atoms with van der Waals surface area (Å²) in [5.41, 5.74) is 5.45. The third-order valence-electron chi connectivity index (χ3n) is 4.15. The first kappa shape index (κ1) is 17.7. The number of rotatable bonds is 5. The maximum absolute atomic E-state index is 12.7. The van der Waals surface area contributed by atoms with E-state index in [0.717, 1.165) is 14.7 Å². The molecule has 7 nitrogen and oxygen atoms in total. The third-order valence-corrected chi connectivity index (χ3v) is 4.15. The largest absolute Gasteiger partial charge is 0.384 e. The van der Waals surface area contributed by atoms with Gasteiger partial charge in [-0.25, -0.2) is 4.79 Å². The van der Waals surface area contributed by atoms with E-state index in [-0.39, 0.29) is 17.4 Å². The molecule has 0 aliphatic rings. The second-order valence-corrected chi connectivity index (χ2v) is 5.85. The molecule has 1 aromatic heterocycles. The average molecular weight is 330 g/mol. The van der Waals surface area contributed by atoms with E-state index in [2.05, 4.69) is 5.32 Å². The molecular formula is C17H22N4O3. The van der Waals surface area contributed by atoms with E-state index in [1.807, 2.05) is 37.3 Å². The van der Waals surface area contributed by atoms with E-state index in [4.69, 9.17) is 5.73 Å². The molecular weight excluding hydrogens is 308 g/mol. The molecule has 0 radical (unpaired) electrons. The quantitative estimate of drug-likeness (QED) is 0.782. The van der Waals surface area contributed by atoms with E-state index < -0.39 is 23.1 Å². The number of carbonyl (C=O) groups excluding carboxylic acids is 1. The fourth-order valence-corrected chi connectivity index (χ4v) is 2.60. The van der Waals surface area contributed by atoms with Gasteiger partial charge in [0.15, 0.2) is 5.78 Å². The zero-order chi connectivity index (χ0) is 18.0. The Kier molecular flexibility index (Phi) is 5.04. The fraction of sp³-hybridized carbons (Fsp3) is 0.353. The predicted molar refractivity (Wildman–Crippen MR) is 93.1 cm³/mol. The van der Waals surface area contributed by atoms with E-state index in [9.17, 15) is 14.4 Å². The Hall–Kier alpha value is -2.67. The van der Waals surface area contributed by atoms with Crippen LogP contribution in [0.5, 0.6) is 0 Å². The average Bonchev–Trinajstić information content (AvgIpc) is 2.59. The van der Waals surface area contributed by atoms with Crippen LogP contribution in [0.4, 0.5) is 5.82 Å². The molecule has 7 heteroatoms. The van der Waals surface area contributed by atoms with Crippen molar-refractivity contribution in [3.63, 3.8) is 0 Å². The summed E-state index contributed by atoms with van der Waals surface area (Å²) in [6.45, 7) is 3.60. The second-order valence-electron chi connectivity index (χ2n) is 5.85. The number of nitrogens with zero attached hydrogens (tertiary/aromatic N) is 2. The summed E-state index contributed by atoms with van der Waals surface area (Å²) in [6.07, 6.45) is 0. The van der Waals surface area contributed by atoms with Crippen LogP contribution in [-0.2, 0) is 14.1 Å². The van der Waals surface area contributed by atoms with Crippen LogP contribution in [0.2, 0.25) is 0 Å². The monoisotopic (exact) mass is 330 g/mol. The van der Waals surface area contributed by atoms with Crippen molar-refractivity contribution < 1.29 is 4.79 Å². The SMILES string of the molecule is C[C@@H](N[C@H](C)c1ccccc1)C(=O)c1c(N)n(C)c(=O)n(C)c1=O. The Bertz CT molecular complexity index is 868. The number of Topliss-reactive ketones (excluding diaryl/α,β-unsaturated/α-hetero) is 1. The van der Waals surface area contributed by atoms with Crippen LogP contribution in [0.25, 0.3) is 0 Å². The van der Waals surface area contributed by atoms with Gasteiger partial charge in [-0.2, -0.15) is 0 Å². The second kappa shape index (κ2) is 6.84. The molecule has 3 N–H and O–H groups in total. The number of carbonyl (C=O) groups is 1. The Morgan fingerprint density at radius 3 is 2.25 bits per heavy atom. The molecule has 0 spiro atoms. The lowest BCUT2D eigenvalue weighted by molar-refractivity contribution is 0.0943. The maximum atomic E-state index is 12.7. The summed E-state index contributed by atoms with van der Waals surface area (Å²) in [6, 6.07) is 8.94. The number of nitrogens with two attached hydrogens (primary N) is 1. The van der Waals surface area contributed by atoms with Gasteiger partial charge in [-0.3, -0.25) is 18.7 Å². The van der Waals surface area contributed by atoms with Crippen molar-refractivity contribution in [2.75, 3.05) is 5.73 Å². The molecule has 2 atom stereocenters. The Morgan fingerprint density at radius 1 is 1.08 bits per heavy atom. The smallest absolute Gasteiger partial charge is 0.332 e. The molecule has 0 saturated heterocycles. The van der Waals surface area contributed by atoms with Gasteiger partial charge in [0.25, 0.3) is 5.56 Å². The third kappa shape index (κ3) is 3.16. The lowest BCUT2D eigenvalue weighted by atomic mass is 10.0. The minimum atomic E-state index is -0.679. The van der Waals surface area contributed by atoms with Gasteiger partial charge in [-0.15, -0.1) is 0 Å². The highest BCUT2D eigenvalue weighted by molar-refractivity contribution is 6.03. The number of benzene rings is 1. The van der Waals surface area contributed by atoms with E-state index in [0.29, 0.717) is 0 Å². The molecule has 128 valence electrons. The number of ketones is 1. The molecule has 2 aromatic rings. The van der Waals surface area contributed by atoms with Crippen LogP contribution in [0, 0.1) is 0 Å². The maximum Gasteiger partial charge on any atom is 0.332 e. The zero-order valence-electron chi connectivity index (χ0n) is 14.2. The molecule has 1 aromatic carbocycles. The van der Waals surface area contributed by atoms with Gasteiger partial charge in [-0.1, -0.05) is 30.3 Å². The van der Waals surface area contributed by atoms with Crippen molar-refractivity contribution in [1.82, 2.24) is 14.5 Å². The summed E-state index contributed by atoms with van der Waals surface area (Å²) < 4.78 is 1.99. The first-order valence-electron chi connectivity index (χ1n) is 7.66. The molecule has 0 amide bonds. The molecule has 24 heavy (non-hydrogen) atoms. The number of hydrogen-bond donors (Lipinski definition) is 2. The van der Waals surface area contributed by atoms with Gasteiger partial charge in [-0.05, 0) is 19.4 Å². The summed E-state index contributed by atoms with van der Waals surface area (Å²) in [4.78, 5) is 36.8. The lowest BCUT2D eigenvalue weighted by Crippen LogP contribution is -2.45. The van der Waals surface area contributed by atoms with E-state index in [1.54, 1.807) is 6.92 Å². The Labute approximate surface area is 139 Å². The Balaban J connectivity index is 2.33. The van der Waals surface area contributed by atoms with Gasteiger partial charge in [0.1, 0.15) is 11.4 Å². The molecule has 0 aliphatic carbocycles. The van der Waals surface area contributed by atoms with E-state index >= 15 is 0 Å². The summed E-state index contributed by atoms with van der Waals surface area (Å²) in [5, 5.41) is 3.16. The number of nitrogens with one attached hydrogen (secondary N) is 1. The zero-order valence-corrected chi connectivity index (χ0v) is 14.2. The molecule has 0 bridgehead atoms. The molecule has 2 rings (SSSR count). The van der Waals surface area contributed by atoms with Gasteiger partial charge >= 0.3 is 5.69 Å². The molecule has 0 aliphatic heterocycles. The molecule has 0 unspecified atom stereocenters. The summed E-state index contributed by atoms with van der Waals surface area (Å²) in [5.74, 6) is -0.555. The van der Waals surface area contributed by atoms with Crippen LogP contribution in [0.15, 0.2) is 39.9 Å². The van der Waals surface area contributed by atoms with Crippen LogP contribution in [0.1, 0.15) is 35.8 Å². The van der Waals surface area contributed by atoms with Gasteiger partial charge in [0, 0.05) is 20.1 Å². The predicted octanol–water partition coefficient (Wildman–Crippen LogP) is 0.588. The summed E-state index contributed by atoms with van der Waals surface area (Å²) in [7, 11) is 2.75. The van der Waals surface area contributed by atoms with Crippen LogP contribution in [-0.4, -0.2) is 21.0 Å². The minimum Gasteiger partial charge on any atom is -0.384 e. The lowest BCUT2D eigenvalue weighted by Gasteiger charge is -2.20. The topological polar surface area (TPSA) is 99.1 Å². The summed E-state index contributed by atoms with van der Waals surface area (Å²) >= 11 is 0. The highest BCUT2D eigenvalue weighted by atomic mass is 16.2. The molecule has 0 fully saturated rings. The van der Waals surface area contributed by atoms with Crippen molar-refractivity contribution in [3.05, 3.63) is 62.3 Å². The van der Waals surface area contributed by atoms with Gasteiger partial charge in [0.2, 0.25) is 0 Å². The van der Waals surface area contributed by atoms with Crippen LogP contribution in [0.3, 0.4) is 0 Å².